The first-order chi connectivity index (χ1) is 8.27. The molecule has 2 atom stereocenters. The third-order valence-electron chi connectivity index (χ3n) is 4.67. The molecule has 0 aromatic carbocycles. The van der Waals surface area contributed by atoms with E-state index in [2.05, 4.69) is 0 Å². The van der Waals surface area contributed by atoms with Gasteiger partial charge in [-0.25, -0.2) is 0 Å². The summed E-state index contributed by atoms with van der Waals surface area (Å²) in [5.74, 6) is 2.53. The Morgan fingerprint density at radius 1 is 1.24 bits per heavy atom. The zero-order valence-corrected chi connectivity index (χ0v) is 11.3. The van der Waals surface area contributed by atoms with Gasteiger partial charge in [-0.05, 0) is 32.1 Å². The quantitative estimate of drug-likeness (QED) is 0.757. The molecule has 0 radical (unpaired) electrons. The molecular weight excluding hydrogens is 232 g/mol. The average molecular weight is 254 g/mol. The maximum absolute atomic E-state index is 11.7. The van der Waals surface area contributed by atoms with E-state index in [1.165, 1.54) is 44.9 Å². The van der Waals surface area contributed by atoms with Crippen LogP contribution in [0.4, 0.5) is 0 Å². The number of thioether (sulfide) groups is 1. The lowest BCUT2D eigenvalue weighted by atomic mass is 9.83. The minimum absolute atomic E-state index is 0.220. The summed E-state index contributed by atoms with van der Waals surface area (Å²) < 4.78 is 6.34. The van der Waals surface area contributed by atoms with E-state index in [1.54, 1.807) is 11.8 Å². The van der Waals surface area contributed by atoms with Crippen LogP contribution >= 0.6 is 11.8 Å². The molecule has 3 heteroatoms. The van der Waals surface area contributed by atoms with Gasteiger partial charge in [-0.3, -0.25) is 4.79 Å². The van der Waals surface area contributed by atoms with Crippen molar-refractivity contribution in [1.29, 1.82) is 0 Å². The van der Waals surface area contributed by atoms with Gasteiger partial charge in [0.25, 0.3) is 0 Å². The van der Waals surface area contributed by atoms with Crippen LogP contribution in [0.3, 0.4) is 0 Å². The molecule has 3 rings (SSSR count). The zero-order chi connectivity index (χ0) is 11.7. The van der Waals surface area contributed by atoms with E-state index >= 15 is 0 Å². The average Bonchev–Trinajstić information content (AvgIpc) is 2.90. The molecule has 1 spiro atoms. The molecule has 1 saturated carbocycles. The summed E-state index contributed by atoms with van der Waals surface area (Å²) in [6.07, 6.45) is 10.4. The molecule has 96 valence electrons. The lowest BCUT2D eigenvalue weighted by Gasteiger charge is -2.33. The van der Waals surface area contributed by atoms with Gasteiger partial charge in [0.05, 0.1) is 17.5 Å². The molecule has 3 fully saturated rings. The van der Waals surface area contributed by atoms with Crippen molar-refractivity contribution >= 4 is 17.5 Å². The van der Waals surface area contributed by atoms with Crippen LogP contribution in [0.1, 0.15) is 51.4 Å². The van der Waals surface area contributed by atoms with Crippen LogP contribution < -0.4 is 0 Å². The van der Waals surface area contributed by atoms with E-state index in [4.69, 9.17) is 4.74 Å². The number of carbonyl (C=O) groups excluding carboxylic acids is 1. The predicted octanol–water partition coefficient (Wildman–Crippen LogP) is 3.19. The zero-order valence-electron chi connectivity index (χ0n) is 10.5. The second-order valence-corrected chi connectivity index (χ2v) is 6.97. The number of rotatable bonds is 2. The smallest absolute Gasteiger partial charge is 0.146 e. The third kappa shape index (κ3) is 2.55. The van der Waals surface area contributed by atoms with Crippen LogP contribution in [0.5, 0.6) is 0 Å². The van der Waals surface area contributed by atoms with Gasteiger partial charge in [-0.15, -0.1) is 0 Å². The van der Waals surface area contributed by atoms with Crippen LogP contribution in [-0.2, 0) is 9.53 Å². The van der Waals surface area contributed by atoms with Gasteiger partial charge in [0.2, 0.25) is 0 Å². The highest BCUT2D eigenvalue weighted by Gasteiger charge is 2.42. The number of hydrogen-bond acceptors (Lipinski definition) is 3. The fraction of sp³-hybridized carbons (Fsp3) is 0.929. The maximum Gasteiger partial charge on any atom is 0.146 e. The fourth-order valence-corrected chi connectivity index (χ4v) is 4.82. The van der Waals surface area contributed by atoms with Crippen molar-refractivity contribution in [3.05, 3.63) is 0 Å². The summed E-state index contributed by atoms with van der Waals surface area (Å²) >= 11 is 1.80. The predicted molar refractivity (Wildman–Crippen MR) is 70.4 cm³/mol. The highest BCUT2D eigenvalue weighted by Crippen LogP contribution is 2.43. The molecule has 2 heterocycles. The molecule has 0 aromatic heterocycles. The van der Waals surface area contributed by atoms with Crippen molar-refractivity contribution < 1.29 is 9.53 Å². The lowest BCUT2D eigenvalue weighted by molar-refractivity contribution is -0.121. The summed E-state index contributed by atoms with van der Waals surface area (Å²) in [6, 6.07) is 0. The number of ether oxygens (including phenoxy) is 1. The summed E-state index contributed by atoms with van der Waals surface area (Å²) in [5.41, 5.74) is 0.220. The van der Waals surface area contributed by atoms with E-state index in [0.717, 1.165) is 17.9 Å². The minimum atomic E-state index is 0.220. The monoisotopic (exact) mass is 254 g/mol. The van der Waals surface area contributed by atoms with Gasteiger partial charge < -0.3 is 4.74 Å². The Hall–Kier alpha value is -0.0200. The van der Waals surface area contributed by atoms with Crippen molar-refractivity contribution in [3.63, 3.8) is 0 Å². The first-order valence-electron chi connectivity index (χ1n) is 7.06. The van der Waals surface area contributed by atoms with Gasteiger partial charge in [0, 0.05) is 11.7 Å². The highest BCUT2D eigenvalue weighted by atomic mass is 32.2. The Kier molecular flexibility index (Phi) is 3.49. The van der Waals surface area contributed by atoms with Crippen molar-refractivity contribution in [3.8, 4) is 0 Å². The maximum atomic E-state index is 11.7. The standard InChI is InChI=1S/C14H22O2S/c15-13-10-17-9-11(13)8-12-4-7-14(16-12)5-2-1-3-6-14/h11-12H,1-10H2. The molecular formula is C14H22O2S. The lowest BCUT2D eigenvalue weighted by Crippen LogP contribution is -2.32. The molecule has 2 aliphatic heterocycles. The topological polar surface area (TPSA) is 26.3 Å². The first-order valence-corrected chi connectivity index (χ1v) is 8.21. The highest BCUT2D eigenvalue weighted by molar-refractivity contribution is 8.00. The second-order valence-electron chi connectivity index (χ2n) is 5.94. The van der Waals surface area contributed by atoms with E-state index in [9.17, 15) is 4.79 Å². The normalized spacial score (nSPS) is 36.8. The van der Waals surface area contributed by atoms with Crippen LogP contribution in [0, 0.1) is 5.92 Å². The molecule has 17 heavy (non-hydrogen) atoms. The van der Waals surface area contributed by atoms with E-state index in [0.29, 0.717) is 17.8 Å². The Morgan fingerprint density at radius 2 is 2.06 bits per heavy atom. The molecule has 3 aliphatic rings. The summed E-state index contributed by atoms with van der Waals surface area (Å²) in [5, 5.41) is 0. The number of ketones is 1. The van der Waals surface area contributed by atoms with Crippen LogP contribution in [0.15, 0.2) is 0 Å². The molecule has 1 aliphatic carbocycles. The Labute approximate surface area is 108 Å². The van der Waals surface area contributed by atoms with E-state index in [1.807, 2.05) is 0 Å². The van der Waals surface area contributed by atoms with Crippen molar-refractivity contribution in [1.82, 2.24) is 0 Å². The third-order valence-corrected chi connectivity index (χ3v) is 5.80. The van der Waals surface area contributed by atoms with E-state index in [-0.39, 0.29) is 5.60 Å². The molecule has 2 nitrogen and oxygen atoms in total. The fourth-order valence-electron chi connectivity index (χ4n) is 3.65. The Balaban J connectivity index is 1.54. The largest absolute Gasteiger partial charge is 0.372 e. The first kappa shape index (κ1) is 12.0. The van der Waals surface area contributed by atoms with Crippen molar-refractivity contribution in [2.24, 2.45) is 5.92 Å². The van der Waals surface area contributed by atoms with Gasteiger partial charge in [0.15, 0.2) is 0 Å². The van der Waals surface area contributed by atoms with Gasteiger partial charge in [-0.1, -0.05) is 19.3 Å². The van der Waals surface area contributed by atoms with Crippen molar-refractivity contribution in [2.75, 3.05) is 11.5 Å². The number of carbonyl (C=O) groups is 1. The van der Waals surface area contributed by atoms with Gasteiger partial charge in [-0.2, -0.15) is 11.8 Å². The molecule has 0 amide bonds. The molecule has 2 unspecified atom stereocenters. The minimum Gasteiger partial charge on any atom is -0.372 e. The van der Waals surface area contributed by atoms with Crippen LogP contribution in [0.25, 0.3) is 0 Å². The van der Waals surface area contributed by atoms with Crippen molar-refractivity contribution in [2.45, 2.75) is 63.1 Å². The molecule has 0 aromatic rings. The number of Topliss-reactive ketones (excluding diaryl/α,β-unsaturated/α-hetero) is 1. The summed E-state index contributed by atoms with van der Waals surface area (Å²) in [7, 11) is 0. The van der Waals surface area contributed by atoms with Crippen LogP contribution in [-0.4, -0.2) is 29.0 Å². The molecule has 0 N–H and O–H groups in total. The molecule has 2 saturated heterocycles. The SMILES string of the molecule is O=C1CSCC1CC1CCC2(CCCCC2)O1. The Bertz CT molecular complexity index is 297. The summed E-state index contributed by atoms with van der Waals surface area (Å²) in [6.45, 7) is 0. The number of hydrogen-bond donors (Lipinski definition) is 0. The van der Waals surface area contributed by atoms with Gasteiger partial charge in [0.1, 0.15) is 5.78 Å². The van der Waals surface area contributed by atoms with Gasteiger partial charge >= 0.3 is 0 Å². The summed E-state index contributed by atoms with van der Waals surface area (Å²) in [4.78, 5) is 11.7. The Morgan fingerprint density at radius 3 is 2.76 bits per heavy atom. The van der Waals surface area contributed by atoms with Crippen LogP contribution in [0.2, 0.25) is 0 Å². The molecule has 0 bridgehead atoms. The second kappa shape index (κ2) is 4.93. The van der Waals surface area contributed by atoms with E-state index < -0.39 is 0 Å².